The Morgan fingerprint density at radius 3 is 1.61 bits per heavy atom. The first-order valence-electron chi connectivity index (χ1n) is 6.72. The first kappa shape index (κ1) is 24.2. The van der Waals surface area contributed by atoms with Gasteiger partial charge >= 0.3 is 35.8 Å². The van der Waals surface area contributed by atoms with Crippen LogP contribution in [0.25, 0.3) is 0 Å². The molecule has 1 rings (SSSR count). The molecule has 1 aromatic rings. The Bertz CT molecular complexity index is 682. The second-order valence-corrected chi connectivity index (χ2v) is 5.38. The fraction of sp³-hybridized carbons (Fsp3) is 0.818. The summed E-state index contributed by atoms with van der Waals surface area (Å²) < 4.78 is 168. The van der Waals surface area contributed by atoms with E-state index in [1.807, 2.05) is 0 Å². The zero-order valence-corrected chi connectivity index (χ0v) is 12.9. The van der Waals surface area contributed by atoms with Crippen molar-refractivity contribution in [1.29, 1.82) is 0 Å². The highest BCUT2D eigenvalue weighted by Gasteiger charge is 2.90. The Balaban J connectivity index is 3.21. The van der Waals surface area contributed by atoms with Crippen molar-refractivity contribution in [2.24, 2.45) is 0 Å². The van der Waals surface area contributed by atoms with Gasteiger partial charge in [-0.1, -0.05) is 5.21 Å². The molecule has 0 aliphatic carbocycles. The molecule has 4 nitrogen and oxygen atoms in total. The molecule has 0 fully saturated rings. The van der Waals surface area contributed by atoms with Gasteiger partial charge in [-0.3, -0.25) is 4.68 Å². The standard InChI is InChI=1S/C11H8F13N3O/c12-6(13,1-2-27-3-5(4-28)25-26-27)7(14,15)8(16,17)9(18,19)10(20,21)11(22,23)24/h3,28H,1-2,4H2. The minimum Gasteiger partial charge on any atom is -0.390 e. The lowest BCUT2D eigenvalue weighted by molar-refractivity contribution is -0.440. The van der Waals surface area contributed by atoms with Gasteiger partial charge in [0.1, 0.15) is 5.69 Å². The summed E-state index contributed by atoms with van der Waals surface area (Å²) in [5.41, 5.74) is -0.295. The minimum absolute atomic E-state index is 0.288. The van der Waals surface area contributed by atoms with Gasteiger partial charge in [0.05, 0.1) is 12.8 Å². The van der Waals surface area contributed by atoms with Crippen LogP contribution >= 0.6 is 0 Å². The fourth-order valence-corrected chi connectivity index (χ4v) is 1.73. The van der Waals surface area contributed by atoms with Crippen LogP contribution in [0.4, 0.5) is 57.1 Å². The van der Waals surface area contributed by atoms with E-state index in [0.717, 1.165) is 0 Å². The third-order valence-electron chi connectivity index (χ3n) is 3.40. The van der Waals surface area contributed by atoms with Crippen LogP contribution in [0.5, 0.6) is 0 Å². The number of hydrogen-bond acceptors (Lipinski definition) is 3. The molecule has 0 aliphatic heterocycles. The Morgan fingerprint density at radius 2 is 1.21 bits per heavy atom. The molecule has 0 aliphatic rings. The summed E-state index contributed by atoms with van der Waals surface area (Å²) in [6.45, 7) is -2.21. The summed E-state index contributed by atoms with van der Waals surface area (Å²) in [6, 6.07) is 0. The van der Waals surface area contributed by atoms with Gasteiger partial charge in [0.25, 0.3) is 0 Å². The van der Waals surface area contributed by atoms with Crippen LogP contribution in [0.3, 0.4) is 0 Å². The molecule has 0 saturated carbocycles. The van der Waals surface area contributed by atoms with E-state index in [2.05, 4.69) is 10.3 Å². The predicted octanol–water partition coefficient (Wildman–Crippen LogP) is 3.90. The zero-order valence-electron chi connectivity index (χ0n) is 12.9. The van der Waals surface area contributed by atoms with E-state index in [1.165, 1.54) is 0 Å². The lowest BCUT2D eigenvalue weighted by Gasteiger charge is -2.39. The van der Waals surface area contributed by atoms with E-state index in [9.17, 15) is 57.1 Å². The van der Waals surface area contributed by atoms with Crippen molar-refractivity contribution < 1.29 is 62.2 Å². The van der Waals surface area contributed by atoms with E-state index in [-0.39, 0.29) is 10.4 Å². The van der Waals surface area contributed by atoms with E-state index < -0.39 is 55.4 Å². The second kappa shape index (κ2) is 6.91. The molecule has 1 N–H and O–H groups in total. The monoisotopic (exact) mass is 445 g/mol. The number of aliphatic hydroxyl groups is 1. The number of nitrogens with zero attached hydrogens (tertiary/aromatic N) is 3. The quantitative estimate of drug-likeness (QED) is 0.618. The third-order valence-corrected chi connectivity index (χ3v) is 3.40. The second-order valence-electron chi connectivity index (χ2n) is 5.38. The minimum atomic E-state index is -7.91. The Labute approximate surface area is 145 Å². The van der Waals surface area contributed by atoms with Gasteiger partial charge < -0.3 is 5.11 Å². The van der Waals surface area contributed by atoms with Gasteiger partial charge in [-0.2, -0.15) is 57.1 Å². The van der Waals surface area contributed by atoms with Crippen molar-refractivity contribution in [3.05, 3.63) is 11.9 Å². The molecule has 0 atom stereocenters. The van der Waals surface area contributed by atoms with Crippen LogP contribution < -0.4 is 0 Å². The SMILES string of the molecule is OCc1cn(CCC(F)(F)C(F)(F)C(F)(F)C(F)(F)C(F)(F)C(F)(F)F)nn1. The Kier molecular flexibility index (Phi) is 5.98. The third kappa shape index (κ3) is 3.59. The Hall–Kier alpha value is -1.81. The highest BCUT2D eigenvalue weighted by molar-refractivity contribution is 5.10. The molecular formula is C11H8F13N3O. The number of hydrogen-bond donors (Lipinski definition) is 1. The van der Waals surface area contributed by atoms with Crippen LogP contribution in [-0.2, 0) is 13.2 Å². The summed E-state index contributed by atoms with van der Waals surface area (Å²) in [5.74, 6) is -37.0. The highest BCUT2D eigenvalue weighted by atomic mass is 19.4. The first-order valence-corrected chi connectivity index (χ1v) is 6.72. The lowest BCUT2D eigenvalue weighted by Crippen LogP contribution is -2.70. The molecule has 0 unspecified atom stereocenters. The molecule has 0 bridgehead atoms. The van der Waals surface area contributed by atoms with Crippen molar-refractivity contribution in [3.63, 3.8) is 0 Å². The van der Waals surface area contributed by atoms with Gasteiger partial charge in [0, 0.05) is 13.0 Å². The van der Waals surface area contributed by atoms with Gasteiger partial charge in [-0.15, -0.1) is 5.10 Å². The van der Waals surface area contributed by atoms with Crippen molar-refractivity contribution in [1.82, 2.24) is 15.0 Å². The summed E-state index contributed by atoms with van der Waals surface area (Å²) in [6.07, 6.45) is -9.19. The van der Waals surface area contributed by atoms with Gasteiger partial charge in [-0.05, 0) is 0 Å². The molecule has 0 aromatic carbocycles. The molecule has 0 saturated heterocycles. The summed E-state index contributed by atoms with van der Waals surface area (Å²) >= 11 is 0. The van der Waals surface area contributed by atoms with Crippen LogP contribution in [0.15, 0.2) is 6.20 Å². The molecular weight excluding hydrogens is 437 g/mol. The fourth-order valence-electron chi connectivity index (χ4n) is 1.73. The molecule has 17 heteroatoms. The van der Waals surface area contributed by atoms with Crippen molar-refractivity contribution in [2.45, 2.75) is 55.4 Å². The number of rotatable bonds is 8. The Morgan fingerprint density at radius 1 is 0.750 bits per heavy atom. The first-order chi connectivity index (χ1) is 12.3. The molecule has 1 heterocycles. The molecule has 164 valence electrons. The number of aryl methyl sites for hydroxylation is 1. The summed E-state index contributed by atoms with van der Waals surface area (Å²) in [4.78, 5) is 0. The maximum Gasteiger partial charge on any atom is 0.460 e. The number of halogens is 13. The molecule has 0 spiro atoms. The molecule has 1 aromatic heterocycles. The average Bonchev–Trinajstić information content (AvgIpc) is 2.99. The van der Waals surface area contributed by atoms with Crippen molar-refractivity contribution in [2.75, 3.05) is 0 Å². The molecule has 28 heavy (non-hydrogen) atoms. The van der Waals surface area contributed by atoms with Gasteiger partial charge in [0.15, 0.2) is 0 Å². The highest BCUT2D eigenvalue weighted by Crippen LogP contribution is 2.60. The molecule has 0 amide bonds. The van der Waals surface area contributed by atoms with Crippen LogP contribution in [0.2, 0.25) is 0 Å². The maximum absolute atomic E-state index is 13.5. The van der Waals surface area contributed by atoms with Crippen molar-refractivity contribution in [3.8, 4) is 0 Å². The van der Waals surface area contributed by atoms with Crippen LogP contribution in [0, 0.1) is 0 Å². The number of alkyl halides is 13. The largest absolute Gasteiger partial charge is 0.460 e. The van der Waals surface area contributed by atoms with Crippen LogP contribution in [0.1, 0.15) is 12.1 Å². The predicted molar refractivity (Wildman–Crippen MR) is 61.4 cm³/mol. The van der Waals surface area contributed by atoms with E-state index in [4.69, 9.17) is 5.11 Å². The van der Waals surface area contributed by atoms with E-state index >= 15 is 0 Å². The van der Waals surface area contributed by atoms with Crippen molar-refractivity contribution >= 4 is 0 Å². The normalized spacial score (nSPS) is 15.2. The number of aromatic nitrogens is 3. The van der Waals surface area contributed by atoms with E-state index in [1.54, 1.807) is 0 Å². The molecule has 0 radical (unpaired) electrons. The van der Waals surface area contributed by atoms with Crippen LogP contribution in [-0.4, -0.2) is 55.9 Å². The number of aliphatic hydroxyl groups excluding tert-OH is 1. The topological polar surface area (TPSA) is 50.9 Å². The summed E-state index contributed by atoms with van der Waals surface area (Å²) in [5, 5.41) is 14.7. The zero-order chi connectivity index (χ0) is 22.4. The average molecular weight is 445 g/mol. The maximum atomic E-state index is 13.5. The lowest BCUT2D eigenvalue weighted by atomic mass is 9.92. The van der Waals surface area contributed by atoms with Gasteiger partial charge in [-0.25, -0.2) is 0 Å². The van der Waals surface area contributed by atoms with E-state index in [0.29, 0.717) is 6.20 Å². The summed E-state index contributed by atoms with van der Waals surface area (Å²) in [7, 11) is 0. The van der Waals surface area contributed by atoms with Gasteiger partial charge in [0.2, 0.25) is 0 Å². The smallest absolute Gasteiger partial charge is 0.390 e.